The van der Waals surface area contributed by atoms with Crippen molar-refractivity contribution in [2.75, 3.05) is 5.75 Å². The van der Waals surface area contributed by atoms with E-state index in [2.05, 4.69) is 4.18 Å². The average Bonchev–Trinajstić information content (AvgIpc) is 2.06. The smallest absolute Gasteiger partial charge is 0.311 e. The Balaban J connectivity index is 2.15. The van der Waals surface area contributed by atoms with E-state index in [1.54, 1.807) is 6.42 Å². The van der Waals surface area contributed by atoms with Crippen LogP contribution >= 0.6 is 10.3 Å². The molecule has 53 valence electrons. The van der Waals surface area contributed by atoms with Crippen molar-refractivity contribution in [1.82, 2.24) is 0 Å². The second-order valence-corrected chi connectivity index (χ2v) is 4.94. The molecule has 1 radical (unpaired) electrons. The van der Waals surface area contributed by atoms with Gasteiger partial charge in [0.05, 0.1) is 0 Å². The number of alkyl halides is 3. The van der Waals surface area contributed by atoms with Gasteiger partial charge in [-0.1, -0.05) is 0 Å². The van der Waals surface area contributed by atoms with E-state index in [0.29, 0.717) is 0 Å². The van der Waals surface area contributed by atoms with Crippen molar-refractivity contribution in [2.45, 2.75) is 10.9 Å². The first-order valence-electron chi connectivity index (χ1n) is 2.44. The summed E-state index contributed by atoms with van der Waals surface area (Å²) in [7, 11) is -2.54. The van der Waals surface area contributed by atoms with Gasteiger partial charge in [-0.3, -0.25) is 0 Å². The van der Waals surface area contributed by atoms with Gasteiger partial charge in [0.15, 0.2) is 0 Å². The number of halogens is 3. The molecule has 5 heteroatoms. The Hall–Kier alpha value is 0.1000. The molecule has 0 bridgehead atoms. The van der Waals surface area contributed by atoms with Gasteiger partial charge < -0.3 is 4.18 Å². The zero-order valence-corrected chi connectivity index (χ0v) is 5.13. The van der Waals surface area contributed by atoms with Crippen LogP contribution in [-0.4, -0.2) is 16.7 Å². The van der Waals surface area contributed by atoms with Gasteiger partial charge >= 0.3 is 5.51 Å². The molecule has 0 spiro atoms. The molecular formula is C4H4F3OS. The van der Waals surface area contributed by atoms with Crippen LogP contribution in [0.25, 0.3) is 0 Å². The molecule has 1 nitrogen and oxygen atoms in total. The largest absolute Gasteiger partial charge is 0.449 e. The lowest BCUT2D eigenvalue weighted by atomic mass is 10.5. The Labute approximate surface area is 51.7 Å². The zero-order chi connectivity index (χ0) is 6.70. The monoisotopic (exact) mass is 157 g/mol. The van der Waals surface area contributed by atoms with Gasteiger partial charge in [0.25, 0.3) is 0 Å². The van der Waals surface area contributed by atoms with Gasteiger partial charge in [-0.2, -0.15) is 13.2 Å². The maximum atomic E-state index is 11.8. The molecule has 0 amide bonds. The van der Waals surface area contributed by atoms with E-state index >= 15 is 0 Å². The van der Waals surface area contributed by atoms with E-state index in [1.807, 2.05) is 0 Å². The summed E-state index contributed by atoms with van der Waals surface area (Å²) >= 11 is 0. The van der Waals surface area contributed by atoms with Gasteiger partial charge in [-0.25, -0.2) is 0 Å². The maximum absolute atomic E-state index is 11.8. The molecule has 0 aromatic heterocycles. The molecule has 0 unspecified atom stereocenters. The number of rotatable bonds is 0. The molecule has 2 rings (SSSR count). The molecule has 9 heavy (non-hydrogen) atoms. The van der Waals surface area contributed by atoms with Crippen molar-refractivity contribution >= 4 is 10.3 Å². The second-order valence-electron chi connectivity index (χ2n) is 2.04. The van der Waals surface area contributed by atoms with E-state index in [4.69, 9.17) is 0 Å². The SMILES string of the molecule is FC(F)(F)[S@@]12C[CH][C@H]1O2. The van der Waals surface area contributed by atoms with Crippen LogP contribution < -0.4 is 0 Å². The summed E-state index contributed by atoms with van der Waals surface area (Å²) in [4.78, 5) is 0. The van der Waals surface area contributed by atoms with Crippen molar-refractivity contribution in [3.8, 4) is 0 Å². The van der Waals surface area contributed by atoms with Gasteiger partial charge in [-0.05, 0) is 10.3 Å². The standard InChI is InChI=1S/C4H4F3OS/c5-4(6,7)9-2-1-3(9)8-9/h1,3H,2H2/t3-/m0/s1. The van der Waals surface area contributed by atoms with Gasteiger partial charge in [-0.15, -0.1) is 0 Å². The predicted molar refractivity (Wildman–Crippen MR) is 27.7 cm³/mol. The number of hydrogen-bond donors (Lipinski definition) is 0. The molecule has 2 saturated heterocycles. The topological polar surface area (TPSA) is 12.5 Å². The van der Waals surface area contributed by atoms with Gasteiger partial charge in [0.1, 0.15) is 5.44 Å². The molecular weight excluding hydrogens is 153 g/mol. The minimum atomic E-state index is -4.06. The van der Waals surface area contributed by atoms with Crippen LogP contribution in [0, 0.1) is 6.42 Å². The van der Waals surface area contributed by atoms with Gasteiger partial charge in [0, 0.05) is 12.2 Å². The maximum Gasteiger partial charge on any atom is 0.449 e. The normalized spacial score (nSPS) is 47.7. The number of hydrogen-bond acceptors (Lipinski definition) is 1. The second kappa shape index (κ2) is 1.25. The lowest BCUT2D eigenvalue weighted by molar-refractivity contribution is -0.0388. The molecule has 2 fully saturated rings. The minimum absolute atomic E-state index is 0.126. The minimum Gasteiger partial charge on any atom is -0.311 e. The van der Waals surface area contributed by atoms with Crippen molar-refractivity contribution < 1.29 is 17.4 Å². The summed E-state index contributed by atoms with van der Waals surface area (Å²) in [6.45, 7) is 0. The highest BCUT2D eigenvalue weighted by atomic mass is 32.3. The van der Waals surface area contributed by atoms with Crippen LogP contribution in [0.3, 0.4) is 0 Å². The molecule has 2 heterocycles. The molecule has 0 N–H and O–H groups in total. The van der Waals surface area contributed by atoms with Crippen LogP contribution in [0.15, 0.2) is 0 Å². The summed E-state index contributed by atoms with van der Waals surface area (Å²) in [6, 6.07) is 0. The van der Waals surface area contributed by atoms with Crippen LogP contribution in [0.2, 0.25) is 0 Å². The van der Waals surface area contributed by atoms with Crippen LogP contribution in [0.4, 0.5) is 13.2 Å². The third kappa shape index (κ3) is 0.519. The molecule has 2 atom stereocenters. The first-order valence-corrected chi connectivity index (χ1v) is 4.23. The van der Waals surface area contributed by atoms with E-state index < -0.39 is 21.3 Å². The Morgan fingerprint density at radius 3 is 2.22 bits per heavy atom. The molecule has 0 saturated carbocycles. The Morgan fingerprint density at radius 2 is 2.22 bits per heavy atom. The van der Waals surface area contributed by atoms with E-state index in [9.17, 15) is 13.2 Å². The zero-order valence-electron chi connectivity index (χ0n) is 4.31. The summed E-state index contributed by atoms with van der Waals surface area (Å²) in [6.07, 6.45) is 1.57. The molecule has 0 aromatic carbocycles. The Morgan fingerprint density at radius 1 is 1.56 bits per heavy atom. The van der Waals surface area contributed by atoms with Crippen LogP contribution in [0.1, 0.15) is 0 Å². The highest BCUT2D eigenvalue weighted by Gasteiger charge is 2.74. The fourth-order valence-electron chi connectivity index (χ4n) is 0.855. The first-order chi connectivity index (χ1) is 4.06. The first kappa shape index (κ1) is 5.85. The number of fused-ring (bicyclic) bond motifs is 1. The lowest BCUT2D eigenvalue weighted by Gasteiger charge is -2.25. The third-order valence-corrected chi connectivity index (χ3v) is 4.40. The Kier molecular flexibility index (Phi) is 0.811. The van der Waals surface area contributed by atoms with E-state index in [-0.39, 0.29) is 5.75 Å². The quantitative estimate of drug-likeness (QED) is 0.488. The highest BCUT2D eigenvalue weighted by molar-refractivity contribution is 8.37. The summed E-state index contributed by atoms with van der Waals surface area (Å²) in [5.41, 5.74) is -4.59. The lowest BCUT2D eigenvalue weighted by Crippen LogP contribution is -2.22. The third-order valence-electron chi connectivity index (χ3n) is 1.53. The van der Waals surface area contributed by atoms with Crippen molar-refractivity contribution in [3.63, 3.8) is 0 Å². The molecule has 0 aliphatic carbocycles. The van der Waals surface area contributed by atoms with Crippen molar-refractivity contribution in [3.05, 3.63) is 6.42 Å². The average molecular weight is 157 g/mol. The van der Waals surface area contributed by atoms with Crippen molar-refractivity contribution in [2.24, 2.45) is 0 Å². The van der Waals surface area contributed by atoms with Gasteiger partial charge in [0.2, 0.25) is 0 Å². The predicted octanol–water partition coefficient (Wildman–Crippen LogP) is 1.80. The summed E-state index contributed by atoms with van der Waals surface area (Å²) in [5, 5.41) is 0. The summed E-state index contributed by atoms with van der Waals surface area (Å²) < 4.78 is 39.9. The Bertz CT molecular complexity index is 152. The molecule has 0 aromatic rings. The summed E-state index contributed by atoms with van der Waals surface area (Å²) in [5.74, 6) is 0.126. The van der Waals surface area contributed by atoms with Crippen LogP contribution in [0.5, 0.6) is 0 Å². The molecule has 2 aliphatic rings. The van der Waals surface area contributed by atoms with Crippen molar-refractivity contribution in [1.29, 1.82) is 0 Å². The fraction of sp³-hybridized carbons (Fsp3) is 0.750. The molecule has 2 aliphatic heterocycles. The van der Waals surface area contributed by atoms with E-state index in [1.165, 1.54) is 0 Å². The fourth-order valence-corrected chi connectivity index (χ4v) is 2.85. The van der Waals surface area contributed by atoms with Crippen LogP contribution in [-0.2, 0) is 4.18 Å². The highest BCUT2D eigenvalue weighted by Crippen LogP contribution is 2.86. The van der Waals surface area contributed by atoms with E-state index in [0.717, 1.165) is 0 Å².